The number of hydrogen-bond acceptors (Lipinski definition) is 4. The molecule has 0 aliphatic heterocycles. The van der Waals surface area contributed by atoms with Gasteiger partial charge in [-0.3, -0.25) is 0 Å². The molecule has 0 radical (unpaired) electrons. The van der Waals surface area contributed by atoms with E-state index in [1.807, 2.05) is 13.0 Å². The molecule has 0 saturated heterocycles. The fourth-order valence-electron chi connectivity index (χ4n) is 2.49. The zero-order valence-electron chi connectivity index (χ0n) is 10.7. The number of nitriles is 1. The number of aryl methyl sites for hydroxylation is 1. The molecule has 1 saturated carbocycles. The van der Waals surface area contributed by atoms with Crippen LogP contribution in [0.2, 0.25) is 0 Å². The van der Waals surface area contributed by atoms with E-state index >= 15 is 0 Å². The fraction of sp³-hybridized carbons (Fsp3) is 0.571. The van der Waals surface area contributed by atoms with Crippen LogP contribution in [0.15, 0.2) is 12.3 Å². The summed E-state index contributed by atoms with van der Waals surface area (Å²) in [5, 5.41) is 22.2. The van der Waals surface area contributed by atoms with Crippen LogP contribution in [-0.4, -0.2) is 22.7 Å². The second kappa shape index (κ2) is 5.83. The number of aliphatic hydroxyl groups excluding tert-OH is 1. The van der Waals surface area contributed by atoms with Gasteiger partial charge < -0.3 is 10.4 Å². The first-order valence-corrected chi connectivity index (χ1v) is 6.50. The predicted molar refractivity (Wildman–Crippen MR) is 70.1 cm³/mol. The Kier molecular flexibility index (Phi) is 4.16. The van der Waals surface area contributed by atoms with Crippen LogP contribution in [0.3, 0.4) is 0 Å². The van der Waals surface area contributed by atoms with E-state index in [0.717, 1.165) is 24.8 Å². The lowest BCUT2D eigenvalue weighted by Gasteiger charge is -2.27. The summed E-state index contributed by atoms with van der Waals surface area (Å²) in [5.41, 5.74) is 1.53. The Bertz CT molecular complexity index is 453. The average molecular weight is 245 g/mol. The van der Waals surface area contributed by atoms with Crippen molar-refractivity contribution < 1.29 is 5.11 Å². The highest BCUT2D eigenvalue weighted by molar-refractivity contribution is 5.55. The molecule has 2 unspecified atom stereocenters. The van der Waals surface area contributed by atoms with E-state index in [9.17, 15) is 5.11 Å². The normalized spacial score (nSPS) is 23.4. The standard InChI is InChI=1S/C14H19N3O/c1-10-6-7-16-14(12(10)8-15)17-9-11-4-2-3-5-13(11)18/h6-7,11,13,18H,2-5,9H2,1H3,(H,16,17). The van der Waals surface area contributed by atoms with Crippen molar-refractivity contribution in [2.75, 3.05) is 11.9 Å². The van der Waals surface area contributed by atoms with Crippen molar-refractivity contribution in [3.8, 4) is 6.07 Å². The van der Waals surface area contributed by atoms with Gasteiger partial charge in [-0.2, -0.15) is 5.26 Å². The lowest BCUT2D eigenvalue weighted by Crippen LogP contribution is -2.30. The minimum absolute atomic E-state index is 0.221. The van der Waals surface area contributed by atoms with Crippen LogP contribution in [-0.2, 0) is 0 Å². The first kappa shape index (κ1) is 12.8. The molecule has 2 N–H and O–H groups in total. The molecule has 96 valence electrons. The van der Waals surface area contributed by atoms with Crippen LogP contribution in [0, 0.1) is 24.2 Å². The van der Waals surface area contributed by atoms with Gasteiger partial charge in [-0.15, -0.1) is 0 Å². The van der Waals surface area contributed by atoms with E-state index in [2.05, 4.69) is 16.4 Å². The predicted octanol–water partition coefficient (Wildman–Crippen LogP) is 2.22. The molecule has 1 aromatic heterocycles. The number of rotatable bonds is 3. The summed E-state index contributed by atoms with van der Waals surface area (Å²) in [6.45, 7) is 2.59. The van der Waals surface area contributed by atoms with Crippen molar-refractivity contribution in [1.29, 1.82) is 5.26 Å². The molecule has 2 atom stereocenters. The van der Waals surface area contributed by atoms with Gasteiger partial charge in [-0.25, -0.2) is 4.98 Å². The summed E-state index contributed by atoms with van der Waals surface area (Å²) in [5.74, 6) is 0.905. The number of anilines is 1. The summed E-state index contributed by atoms with van der Waals surface area (Å²) in [6.07, 6.45) is 5.71. The van der Waals surface area contributed by atoms with Gasteiger partial charge in [-0.1, -0.05) is 12.8 Å². The fourth-order valence-corrected chi connectivity index (χ4v) is 2.49. The molecule has 0 spiro atoms. The van der Waals surface area contributed by atoms with Crippen molar-refractivity contribution in [3.05, 3.63) is 23.4 Å². The summed E-state index contributed by atoms with van der Waals surface area (Å²) >= 11 is 0. The lowest BCUT2D eigenvalue weighted by molar-refractivity contribution is 0.0763. The Hall–Kier alpha value is -1.60. The molecule has 0 aromatic carbocycles. The topological polar surface area (TPSA) is 68.9 Å². The first-order chi connectivity index (χ1) is 8.72. The van der Waals surface area contributed by atoms with Crippen LogP contribution in [0.5, 0.6) is 0 Å². The average Bonchev–Trinajstić information content (AvgIpc) is 2.38. The van der Waals surface area contributed by atoms with Gasteiger partial charge in [0.1, 0.15) is 11.9 Å². The zero-order chi connectivity index (χ0) is 13.0. The molecule has 4 nitrogen and oxygen atoms in total. The SMILES string of the molecule is Cc1ccnc(NCC2CCCCC2O)c1C#N. The van der Waals surface area contributed by atoms with Gasteiger partial charge in [0.15, 0.2) is 0 Å². The Morgan fingerprint density at radius 3 is 3.00 bits per heavy atom. The highest BCUT2D eigenvalue weighted by Crippen LogP contribution is 2.25. The van der Waals surface area contributed by atoms with Gasteiger partial charge in [0, 0.05) is 18.7 Å². The minimum Gasteiger partial charge on any atom is -0.393 e. The van der Waals surface area contributed by atoms with Crippen LogP contribution >= 0.6 is 0 Å². The monoisotopic (exact) mass is 245 g/mol. The molecule has 18 heavy (non-hydrogen) atoms. The third kappa shape index (κ3) is 2.80. The van der Waals surface area contributed by atoms with E-state index in [-0.39, 0.29) is 12.0 Å². The van der Waals surface area contributed by atoms with Crippen LogP contribution in [0.25, 0.3) is 0 Å². The van der Waals surface area contributed by atoms with Crippen LogP contribution in [0.1, 0.15) is 36.8 Å². The molecule has 1 aliphatic rings. The van der Waals surface area contributed by atoms with E-state index in [4.69, 9.17) is 5.26 Å². The van der Waals surface area contributed by atoms with Crippen LogP contribution in [0.4, 0.5) is 5.82 Å². The van der Waals surface area contributed by atoms with E-state index < -0.39 is 0 Å². The van der Waals surface area contributed by atoms with E-state index in [0.29, 0.717) is 17.9 Å². The number of pyridine rings is 1. The van der Waals surface area contributed by atoms with Gasteiger partial charge >= 0.3 is 0 Å². The summed E-state index contributed by atoms with van der Waals surface area (Å²) < 4.78 is 0. The molecular weight excluding hydrogens is 226 g/mol. The van der Waals surface area contributed by atoms with Crippen molar-refractivity contribution in [1.82, 2.24) is 4.98 Å². The zero-order valence-corrected chi connectivity index (χ0v) is 10.7. The van der Waals surface area contributed by atoms with Gasteiger partial charge in [0.2, 0.25) is 0 Å². The Morgan fingerprint density at radius 1 is 1.50 bits per heavy atom. The first-order valence-electron chi connectivity index (χ1n) is 6.50. The molecule has 1 fully saturated rings. The molecular formula is C14H19N3O. The lowest BCUT2D eigenvalue weighted by atomic mass is 9.86. The molecule has 1 heterocycles. The van der Waals surface area contributed by atoms with Gasteiger partial charge in [-0.05, 0) is 31.4 Å². The molecule has 1 aromatic rings. The largest absolute Gasteiger partial charge is 0.393 e. The maximum Gasteiger partial charge on any atom is 0.144 e. The Balaban J connectivity index is 2.02. The Labute approximate surface area is 108 Å². The van der Waals surface area contributed by atoms with Gasteiger partial charge in [0.25, 0.3) is 0 Å². The highest BCUT2D eigenvalue weighted by atomic mass is 16.3. The molecule has 0 amide bonds. The van der Waals surface area contributed by atoms with E-state index in [1.165, 1.54) is 6.42 Å². The van der Waals surface area contributed by atoms with Crippen molar-refractivity contribution in [3.63, 3.8) is 0 Å². The quantitative estimate of drug-likeness (QED) is 0.856. The number of hydrogen-bond donors (Lipinski definition) is 2. The minimum atomic E-state index is -0.221. The number of nitrogens with one attached hydrogen (secondary N) is 1. The van der Waals surface area contributed by atoms with Crippen LogP contribution < -0.4 is 5.32 Å². The molecule has 1 aliphatic carbocycles. The van der Waals surface area contributed by atoms with E-state index in [1.54, 1.807) is 6.20 Å². The Morgan fingerprint density at radius 2 is 2.28 bits per heavy atom. The van der Waals surface area contributed by atoms with Crippen molar-refractivity contribution >= 4 is 5.82 Å². The molecule has 4 heteroatoms. The third-order valence-electron chi connectivity index (χ3n) is 3.67. The molecule has 2 rings (SSSR count). The summed E-state index contributed by atoms with van der Waals surface area (Å²) in [6, 6.07) is 4.01. The third-order valence-corrected chi connectivity index (χ3v) is 3.67. The van der Waals surface area contributed by atoms with Crippen molar-refractivity contribution in [2.45, 2.75) is 38.7 Å². The number of aliphatic hydroxyl groups is 1. The smallest absolute Gasteiger partial charge is 0.144 e. The maximum atomic E-state index is 9.90. The second-order valence-electron chi connectivity index (χ2n) is 4.96. The number of aromatic nitrogens is 1. The second-order valence-corrected chi connectivity index (χ2v) is 4.96. The summed E-state index contributed by atoms with van der Waals surface area (Å²) in [4.78, 5) is 4.20. The molecule has 0 bridgehead atoms. The highest BCUT2D eigenvalue weighted by Gasteiger charge is 2.23. The maximum absolute atomic E-state index is 9.90. The van der Waals surface area contributed by atoms with Gasteiger partial charge in [0.05, 0.1) is 11.7 Å². The number of nitrogens with zero attached hydrogens (tertiary/aromatic N) is 2. The summed E-state index contributed by atoms with van der Waals surface area (Å²) in [7, 11) is 0. The van der Waals surface area contributed by atoms with Crippen molar-refractivity contribution in [2.24, 2.45) is 5.92 Å².